The highest BCUT2D eigenvalue weighted by molar-refractivity contribution is 5.84. The third-order valence-electron chi connectivity index (χ3n) is 4.10. The number of amides is 1. The Labute approximate surface area is 136 Å². The summed E-state index contributed by atoms with van der Waals surface area (Å²) in [5.41, 5.74) is 3.66. The van der Waals surface area contributed by atoms with Crippen molar-refractivity contribution in [3.63, 3.8) is 0 Å². The number of para-hydroxylation sites is 1. The largest absolute Gasteiger partial charge is 0.361 e. The number of rotatable bonds is 7. The molecule has 0 atom stereocenters. The molecule has 23 heavy (non-hydrogen) atoms. The van der Waals surface area contributed by atoms with Gasteiger partial charge in [0.2, 0.25) is 5.91 Å². The monoisotopic (exact) mass is 306 g/mol. The van der Waals surface area contributed by atoms with E-state index >= 15 is 0 Å². The van der Waals surface area contributed by atoms with Crippen LogP contribution in [0.15, 0.2) is 60.8 Å². The Morgan fingerprint density at radius 3 is 2.61 bits per heavy atom. The van der Waals surface area contributed by atoms with Gasteiger partial charge in [-0.1, -0.05) is 48.5 Å². The molecule has 0 aliphatic heterocycles. The van der Waals surface area contributed by atoms with Gasteiger partial charge in [0.15, 0.2) is 0 Å². The van der Waals surface area contributed by atoms with Gasteiger partial charge in [-0.2, -0.15) is 0 Å². The predicted octanol–water partition coefficient (Wildman–Crippen LogP) is 3.85. The fraction of sp³-hybridized carbons (Fsp3) is 0.250. The third-order valence-corrected chi connectivity index (χ3v) is 4.10. The number of hydrogen-bond acceptors (Lipinski definition) is 1. The molecule has 0 aliphatic rings. The molecule has 0 bridgehead atoms. The second-order valence-corrected chi connectivity index (χ2v) is 5.80. The van der Waals surface area contributed by atoms with Gasteiger partial charge in [-0.05, 0) is 36.5 Å². The van der Waals surface area contributed by atoms with Crippen molar-refractivity contribution in [2.75, 3.05) is 6.54 Å². The Hall–Kier alpha value is -2.55. The number of fused-ring (bicyclic) bond motifs is 1. The van der Waals surface area contributed by atoms with Gasteiger partial charge in [-0.25, -0.2) is 0 Å². The number of aromatic nitrogens is 1. The Kier molecular flexibility index (Phi) is 5.09. The molecule has 0 fully saturated rings. The summed E-state index contributed by atoms with van der Waals surface area (Å²) < 4.78 is 0. The van der Waals surface area contributed by atoms with E-state index in [1.165, 1.54) is 16.5 Å². The summed E-state index contributed by atoms with van der Waals surface area (Å²) in [6.07, 6.45) is 5.29. The molecule has 0 radical (unpaired) electrons. The molecule has 0 saturated carbocycles. The summed E-state index contributed by atoms with van der Waals surface area (Å²) in [5.74, 6) is 0.128. The first-order valence-electron chi connectivity index (χ1n) is 8.18. The van der Waals surface area contributed by atoms with Crippen LogP contribution in [0.5, 0.6) is 0 Å². The van der Waals surface area contributed by atoms with Crippen LogP contribution >= 0.6 is 0 Å². The van der Waals surface area contributed by atoms with Gasteiger partial charge in [0, 0.05) is 30.1 Å². The Bertz CT molecular complexity index is 761. The van der Waals surface area contributed by atoms with E-state index in [-0.39, 0.29) is 5.91 Å². The van der Waals surface area contributed by atoms with E-state index in [0.29, 0.717) is 6.42 Å². The van der Waals surface area contributed by atoms with Crippen LogP contribution < -0.4 is 5.32 Å². The van der Waals surface area contributed by atoms with Crippen molar-refractivity contribution in [2.24, 2.45) is 0 Å². The second kappa shape index (κ2) is 7.63. The number of aryl methyl sites for hydroxylation is 2. The maximum atomic E-state index is 12.0. The summed E-state index contributed by atoms with van der Waals surface area (Å²) in [4.78, 5) is 15.2. The average molecular weight is 306 g/mol. The van der Waals surface area contributed by atoms with Gasteiger partial charge >= 0.3 is 0 Å². The average Bonchev–Trinajstić information content (AvgIpc) is 3.01. The summed E-state index contributed by atoms with van der Waals surface area (Å²) >= 11 is 0. The normalized spacial score (nSPS) is 10.8. The zero-order valence-electron chi connectivity index (χ0n) is 13.2. The van der Waals surface area contributed by atoms with Gasteiger partial charge in [0.05, 0.1) is 0 Å². The summed E-state index contributed by atoms with van der Waals surface area (Å²) in [7, 11) is 0. The molecule has 1 aromatic heterocycles. The Balaban J connectivity index is 1.40. The van der Waals surface area contributed by atoms with E-state index in [4.69, 9.17) is 0 Å². The highest BCUT2D eigenvalue weighted by Crippen LogP contribution is 2.18. The van der Waals surface area contributed by atoms with Crippen molar-refractivity contribution in [1.29, 1.82) is 0 Å². The fourth-order valence-electron chi connectivity index (χ4n) is 2.84. The van der Waals surface area contributed by atoms with Crippen LogP contribution in [0.4, 0.5) is 0 Å². The van der Waals surface area contributed by atoms with Crippen molar-refractivity contribution in [1.82, 2.24) is 10.3 Å². The van der Waals surface area contributed by atoms with E-state index in [2.05, 4.69) is 46.7 Å². The molecule has 0 saturated heterocycles. The molecule has 0 aliphatic carbocycles. The van der Waals surface area contributed by atoms with Crippen LogP contribution in [0.2, 0.25) is 0 Å². The standard InChI is InChI=1S/C20H22N2O/c23-20(21-14-6-9-16-7-2-1-3-8-16)13-12-17-15-22-19-11-5-4-10-18(17)19/h1-5,7-8,10-11,15,22H,6,9,12-14H2,(H,21,23). The molecule has 118 valence electrons. The maximum absolute atomic E-state index is 12.0. The predicted molar refractivity (Wildman–Crippen MR) is 94.4 cm³/mol. The highest BCUT2D eigenvalue weighted by atomic mass is 16.1. The molecule has 2 N–H and O–H groups in total. The van der Waals surface area contributed by atoms with Crippen LogP contribution in [-0.4, -0.2) is 17.4 Å². The molecule has 1 amide bonds. The topological polar surface area (TPSA) is 44.9 Å². The van der Waals surface area contributed by atoms with Crippen LogP contribution in [0.25, 0.3) is 10.9 Å². The summed E-state index contributed by atoms with van der Waals surface area (Å²) in [5, 5.41) is 4.23. The molecule has 1 heterocycles. The summed E-state index contributed by atoms with van der Waals surface area (Å²) in [6, 6.07) is 18.6. The zero-order chi connectivity index (χ0) is 15.9. The minimum atomic E-state index is 0.128. The lowest BCUT2D eigenvalue weighted by molar-refractivity contribution is -0.121. The minimum absolute atomic E-state index is 0.128. The van der Waals surface area contributed by atoms with E-state index in [1.807, 2.05) is 24.4 Å². The third kappa shape index (κ3) is 4.22. The highest BCUT2D eigenvalue weighted by Gasteiger charge is 2.06. The number of carbonyl (C=O) groups excluding carboxylic acids is 1. The first-order chi connectivity index (χ1) is 11.3. The molecule has 2 aromatic carbocycles. The first kappa shape index (κ1) is 15.3. The smallest absolute Gasteiger partial charge is 0.220 e. The van der Waals surface area contributed by atoms with E-state index in [1.54, 1.807) is 0 Å². The lowest BCUT2D eigenvalue weighted by Crippen LogP contribution is -2.24. The van der Waals surface area contributed by atoms with Crippen LogP contribution in [0.1, 0.15) is 24.0 Å². The van der Waals surface area contributed by atoms with E-state index < -0.39 is 0 Å². The lowest BCUT2D eigenvalue weighted by atomic mass is 10.1. The number of aromatic amines is 1. The number of nitrogens with one attached hydrogen (secondary N) is 2. The number of carbonyl (C=O) groups is 1. The van der Waals surface area contributed by atoms with Crippen molar-refractivity contribution in [2.45, 2.75) is 25.7 Å². The van der Waals surface area contributed by atoms with E-state index in [9.17, 15) is 4.79 Å². The molecular weight excluding hydrogens is 284 g/mol. The maximum Gasteiger partial charge on any atom is 0.220 e. The minimum Gasteiger partial charge on any atom is -0.361 e. The van der Waals surface area contributed by atoms with Crippen molar-refractivity contribution >= 4 is 16.8 Å². The molecule has 3 aromatic rings. The van der Waals surface area contributed by atoms with E-state index in [0.717, 1.165) is 31.3 Å². The molecule has 3 rings (SSSR count). The van der Waals surface area contributed by atoms with Gasteiger partial charge in [0.25, 0.3) is 0 Å². The number of hydrogen-bond donors (Lipinski definition) is 2. The zero-order valence-corrected chi connectivity index (χ0v) is 13.2. The number of H-pyrrole nitrogens is 1. The molecular formula is C20H22N2O. The van der Waals surface area contributed by atoms with Crippen molar-refractivity contribution in [3.05, 3.63) is 71.9 Å². The molecule has 0 spiro atoms. The van der Waals surface area contributed by atoms with Gasteiger partial charge in [-0.3, -0.25) is 4.79 Å². The fourth-order valence-corrected chi connectivity index (χ4v) is 2.84. The Morgan fingerprint density at radius 2 is 1.74 bits per heavy atom. The number of benzene rings is 2. The molecule has 3 heteroatoms. The van der Waals surface area contributed by atoms with Crippen LogP contribution in [-0.2, 0) is 17.6 Å². The van der Waals surface area contributed by atoms with Crippen LogP contribution in [0.3, 0.4) is 0 Å². The second-order valence-electron chi connectivity index (χ2n) is 5.80. The quantitative estimate of drug-likeness (QED) is 0.640. The van der Waals surface area contributed by atoms with Gasteiger partial charge in [-0.15, -0.1) is 0 Å². The van der Waals surface area contributed by atoms with Crippen molar-refractivity contribution in [3.8, 4) is 0 Å². The lowest BCUT2D eigenvalue weighted by Gasteiger charge is -2.05. The Morgan fingerprint density at radius 1 is 0.957 bits per heavy atom. The van der Waals surface area contributed by atoms with Crippen molar-refractivity contribution < 1.29 is 4.79 Å². The summed E-state index contributed by atoms with van der Waals surface area (Å²) in [6.45, 7) is 0.738. The van der Waals surface area contributed by atoms with Crippen LogP contribution in [0, 0.1) is 0 Å². The van der Waals surface area contributed by atoms with Gasteiger partial charge < -0.3 is 10.3 Å². The van der Waals surface area contributed by atoms with Gasteiger partial charge in [0.1, 0.15) is 0 Å². The SMILES string of the molecule is O=C(CCc1c[nH]c2ccccc12)NCCCc1ccccc1. The molecule has 0 unspecified atom stereocenters. The molecule has 3 nitrogen and oxygen atoms in total. The first-order valence-corrected chi connectivity index (χ1v) is 8.18.